The molecule has 0 aliphatic carbocycles. The third kappa shape index (κ3) is 8.62. The highest BCUT2D eigenvalue weighted by Gasteiger charge is 2.37. The molecule has 0 spiro atoms. The monoisotopic (exact) mass is 624 g/mol. The van der Waals surface area contributed by atoms with Gasteiger partial charge in [0.05, 0.1) is 30.3 Å². The standard InChI is InChI=1S/C32H31F7N2O3/c1-44-25-6-8-29-27(18-25)26(10-12-40-29)28(33)7-4-21-11-14-41(19-22(21)5-9-30(42)43)13-2-3-20-15-23(31(34,35)36)17-24(16-20)32(37,38)39/h6,8,10,12,15-18,21-22,28H,4-5,7,9,11,13-14,19H2,1H3,(H,42,43)/t21-,22-,28-/m1/s1. The van der Waals surface area contributed by atoms with E-state index in [4.69, 9.17) is 4.74 Å². The third-order valence-corrected chi connectivity index (χ3v) is 7.94. The van der Waals surface area contributed by atoms with E-state index in [9.17, 15) is 36.2 Å². The molecule has 1 saturated heterocycles. The molecule has 0 amide bonds. The number of nitrogens with zero attached hydrogens (tertiary/aromatic N) is 2. The molecule has 12 heteroatoms. The first kappa shape index (κ1) is 33.1. The van der Waals surface area contributed by atoms with Gasteiger partial charge in [0.25, 0.3) is 0 Å². The van der Waals surface area contributed by atoms with E-state index in [0.717, 1.165) is 0 Å². The van der Waals surface area contributed by atoms with Crippen LogP contribution in [0.5, 0.6) is 5.75 Å². The van der Waals surface area contributed by atoms with Crippen LogP contribution in [0.15, 0.2) is 48.7 Å². The van der Waals surface area contributed by atoms with Crippen LogP contribution in [-0.4, -0.2) is 47.7 Å². The van der Waals surface area contributed by atoms with Crippen molar-refractivity contribution in [2.45, 2.75) is 50.6 Å². The second kappa shape index (κ2) is 13.8. The number of benzene rings is 2. The molecule has 0 saturated carbocycles. The summed E-state index contributed by atoms with van der Waals surface area (Å²) in [5.74, 6) is 4.64. The molecule has 3 aromatic rings. The van der Waals surface area contributed by atoms with Gasteiger partial charge in [-0.2, -0.15) is 26.3 Å². The van der Waals surface area contributed by atoms with E-state index >= 15 is 4.39 Å². The van der Waals surface area contributed by atoms with Gasteiger partial charge in [-0.05, 0) is 92.1 Å². The van der Waals surface area contributed by atoms with Crippen molar-refractivity contribution in [1.82, 2.24) is 9.88 Å². The number of carboxylic acids is 1. The lowest BCUT2D eigenvalue weighted by Crippen LogP contribution is -2.41. The maximum Gasteiger partial charge on any atom is 0.416 e. The maximum atomic E-state index is 15.6. The summed E-state index contributed by atoms with van der Waals surface area (Å²) in [4.78, 5) is 17.5. The van der Waals surface area contributed by atoms with Crippen LogP contribution in [0.2, 0.25) is 0 Å². The summed E-state index contributed by atoms with van der Waals surface area (Å²) < 4.78 is 99.9. The Labute approximate surface area is 250 Å². The molecule has 236 valence electrons. The Morgan fingerprint density at radius 3 is 2.39 bits per heavy atom. The largest absolute Gasteiger partial charge is 0.497 e. The Bertz CT molecular complexity index is 1500. The summed E-state index contributed by atoms with van der Waals surface area (Å²) in [7, 11) is 1.52. The molecule has 1 aromatic heterocycles. The molecule has 2 aromatic carbocycles. The average molecular weight is 625 g/mol. The third-order valence-electron chi connectivity index (χ3n) is 7.94. The number of carbonyl (C=O) groups is 1. The van der Waals surface area contributed by atoms with Gasteiger partial charge in [-0.15, -0.1) is 0 Å². The molecule has 1 aliphatic rings. The van der Waals surface area contributed by atoms with Gasteiger partial charge in [0.15, 0.2) is 0 Å². The van der Waals surface area contributed by atoms with E-state index in [1.165, 1.54) is 7.11 Å². The summed E-state index contributed by atoms with van der Waals surface area (Å²) in [5, 5.41) is 9.91. The Morgan fingerprint density at radius 1 is 1.05 bits per heavy atom. The number of ether oxygens (including phenoxy) is 1. The van der Waals surface area contributed by atoms with Crippen LogP contribution in [0.3, 0.4) is 0 Å². The zero-order chi connectivity index (χ0) is 32.1. The second-order valence-corrected chi connectivity index (χ2v) is 10.9. The highest BCUT2D eigenvalue weighted by molar-refractivity contribution is 5.83. The van der Waals surface area contributed by atoms with Crippen LogP contribution in [0.25, 0.3) is 10.9 Å². The van der Waals surface area contributed by atoms with Crippen LogP contribution in [0.1, 0.15) is 60.5 Å². The Morgan fingerprint density at radius 2 is 1.75 bits per heavy atom. The molecule has 44 heavy (non-hydrogen) atoms. The first-order valence-electron chi connectivity index (χ1n) is 14.0. The fourth-order valence-corrected chi connectivity index (χ4v) is 5.66. The van der Waals surface area contributed by atoms with Crippen molar-refractivity contribution in [3.05, 3.63) is 70.9 Å². The zero-order valence-corrected chi connectivity index (χ0v) is 23.8. The number of likely N-dealkylation sites (tertiary alicyclic amines) is 1. The van der Waals surface area contributed by atoms with Crippen LogP contribution < -0.4 is 4.74 Å². The molecule has 0 radical (unpaired) electrons. The van der Waals surface area contributed by atoms with Gasteiger partial charge >= 0.3 is 18.3 Å². The van der Waals surface area contributed by atoms with Gasteiger partial charge in [-0.25, -0.2) is 4.39 Å². The zero-order valence-electron chi connectivity index (χ0n) is 23.8. The first-order chi connectivity index (χ1) is 20.7. The number of fused-ring (bicyclic) bond motifs is 1. The number of halogens is 7. The lowest BCUT2D eigenvalue weighted by molar-refractivity contribution is -0.143. The molecular weight excluding hydrogens is 593 g/mol. The second-order valence-electron chi connectivity index (χ2n) is 10.9. The Kier molecular flexibility index (Phi) is 10.4. The quantitative estimate of drug-likeness (QED) is 0.194. The van der Waals surface area contributed by atoms with Gasteiger partial charge in [0.2, 0.25) is 0 Å². The Hall–Kier alpha value is -3.85. The van der Waals surface area contributed by atoms with Crippen molar-refractivity contribution in [1.29, 1.82) is 0 Å². The molecule has 5 nitrogen and oxygen atoms in total. The number of hydrogen-bond acceptors (Lipinski definition) is 4. The minimum atomic E-state index is -4.97. The number of aliphatic carboxylic acids is 1. The van der Waals surface area contributed by atoms with E-state index in [0.29, 0.717) is 66.7 Å². The predicted octanol–water partition coefficient (Wildman–Crippen LogP) is 7.93. The van der Waals surface area contributed by atoms with Crippen molar-refractivity contribution >= 4 is 16.9 Å². The lowest BCUT2D eigenvalue weighted by atomic mass is 9.79. The molecule has 1 fully saturated rings. The van der Waals surface area contributed by atoms with E-state index in [1.807, 2.05) is 4.90 Å². The maximum absolute atomic E-state index is 15.6. The minimum Gasteiger partial charge on any atom is -0.497 e. The van der Waals surface area contributed by atoms with Crippen LogP contribution in [0, 0.1) is 23.7 Å². The van der Waals surface area contributed by atoms with Gasteiger partial charge in [0, 0.05) is 30.1 Å². The van der Waals surface area contributed by atoms with Gasteiger partial charge < -0.3 is 9.84 Å². The van der Waals surface area contributed by atoms with E-state index < -0.39 is 41.2 Å². The fourth-order valence-electron chi connectivity index (χ4n) is 5.66. The van der Waals surface area contributed by atoms with Gasteiger partial charge in [0.1, 0.15) is 11.9 Å². The summed E-state index contributed by atoms with van der Waals surface area (Å²) >= 11 is 0. The van der Waals surface area contributed by atoms with Crippen molar-refractivity contribution in [3.8, 4) is 17.6 Å². The number of piperidine rings is 1. The number of methoxy groups -OCH3 is 1. The topological polar surface area (TPSA) is 62.7 Å². The lowest BCUT2D eigenvalue weighted by Gasteiger charge is -2.38. The van der Waals surface area contributed by atoms with Crippen molar-refractivity contribution in [2.24, 2.45) is 11.8 Å². The number of hydrogen-bond donors (Lipinski definition) is 1. The molecule has 0 unspecified atom stereocenters. The summed E-state index contributed by atoms with van der Waals surface area (Å²) in [5.41, 5.74) is -2.14. The number of carboxylic acid groups (broad SMARTS) is 1. The van der Waals surface area contributed by atoms with Gasteiger partial charge in [-0.1, -0.05) is 11.8 Å². The van der Waals surface area contributed by atoms with E-state index in [-0.39, 0.29) is 37.3 Å². The molecule has 3 atom stereocenters. The predicted molar refractivity (Wildman–Crippen MR) is 150 cm³/mol. The van der Waals surface area contributed by atoms with Crippen molar-refractivity contribution in [3.63, 3.8) is 0 Å². The summed E-state index contributed by atoms with van der Waals surface area (Å²) in [6, 6.07) is 8.10. The molecule has 0 bridgehead atoms. The Balaban J connectivity index is 1.44. The minimum absolute atomic E-state index is 0.0252. The van der Waals surface area contributed by atoms with Crippen molar-refractivity contribution in [2.75, 3.05) is 26.7 Å². The normalized spacial score (nSPS) is 18.5. The number of alkyl halides is 7. The molecule has 2 heterocycles. The van der Waals surface area contributed by atoms with E-state index in [1.54, 1.807) is 30.5 Å². The molecule has 4 rings (SSSR count). The number of pyridine rings is 1. The SMILES string of the molecule is COc1ccc2nccc([C@H](F)CC[C@@H]3CCN(CC#Cc4cc(C(F)(F)F)cc(C(F)(F)F)c4)C[C@H]3CCC(=O)O)c2c1. The number of rotatable bonds is 9. The van der Waals surface area contributed by atoms with E-state index in [2.05, 4.69) is 16.8 Å². The van der Waals surface area contributed by atoms with Crippen LogP contribution in [-0.2, 0) is 17.1 Å². The number of aromatic nitrogens is 1. The smallest absolute Gasteiger partial charge is 0.416 e. The fraction of sp³-hybridized carbons (Fsp3) is 0.438. The van der Waals surface area contributed by atoms with Crippen LogP contribution >= 0.6 is 0 Å². The summed E-state index contributed by atoms with van der Waals surface area (Å²) in [6.45, 7) is 1.02. The van der Waals surface area contributed by atoms with Crippen molar-refractivity contribution < 1.29 is 45.4 Å². The first-order valence-corrected chi connectivity index (χ1v) is 14.0. The highest BCUT2D eigenvalue weighted by atomic mass is 19.4. The molecular formula is C32H31F7N2O3. The average Bonchev–Trinajstić information content (AvgIpc) is 2.97. The van der Waals surface area contributed by atoms with Crippen LogP contribution in [0.4, 0.5) is 30.7 Å². The van der Waals surface area contributed by atoms with Gasteiger partial charge in [-0.3, -0.25) is 14.7 Å². The highest BCUT2D eigenvalue weighted by Crippen LogP contribution is 2.38. The molecule has 1 N–H and O–H groups in total. The summed E-state index contributed by atoms with van der Waals surface area (Å²) in [6.07, 6.45) is -8.08. The molecule has 1 aliphatic heterocycles.